The molecule has 32 heavy (non-hydrogen) atoms. The molecule has 1 aromatic heterocycles. The molecule has 0 saturated carbocycles. The first kappa shape index (κ1) is 21.4. The average molecular weight is 431 g/mol. The van der Waals surface area contributed by atoms with Crippen molar-refractivity contribution in [3.8, 4) is 11.3 Å². The topological polar surface area (TPSA) is 92.5 Å². The van der Waals surface area contributed by atoms with Crippen LogP contribution in [0.25, 0.3) is 11.3 Å². The number of hydrogen-bond acceptors (Lipinski definition) is 6. The molecule has 1 saturated heterocycles. The summed E-state index contributed by atoms with van der Waals surface area (Å²) in [5.41, 5.74) is 6.03. The quantitative estimate of drug-likeness (QED) is 0.459. The second kappa shape index (κ2) is 8.74. The lowest BCUT2D eigenvalue weighted by Crippen LogP contribution is -2.49. The van der Waals surface area contributed by atoms with Crippen molar-refractivity contribution in [2.45, 2.75) is 20.8 Å². The largest absolute Gasteiger partial charge is 0.352 e. The van der Waals surface area contributed by atoms with Crippen LogP contribution in [0.3, 0.4) is 0 Å². The Morgan fingerprint density at radius 3 is 2.12 bits per heavy atom. The van der Waals surface area contributed by atoms with Gasteiger partial charge in [-0.15, -0.1) is 10.2 Å². The van der Waals surface area contributed by atoms with Gasteiger partial charge in [0.25, 0.3) is 11.6 Å². The molecule has 0 unspecified atom stereocenters. The van der Waals surface area contributed by atoms with E-state index in [1.165, 1.54) is 41.0 Å². The Kier molecular flexibility index (Phi) is 5.85. The monoisotopic (exact) mass is 431 g/mol. The van der Waals surface area contributed by atoms with E-state index in [1.807, 2.05) is 12.1 Å². The molecule has 1 fully saturated rings. The first-order valence-corrected chi connectivity index (χ1v) is 10.5. The van der Waals surface area contributed by atoms with E-state index in [4.69, 9.17) is 0 Å². The van der Waals surface area contributed by atoms with Crippen LogP contribution in [0.5, 0.6) is 0 Å². The molecule has 0 aliphatic carbocycles. The van der Waals surface area contributed by atoms with Gasteiger partial charge < -0.3 is 9.80 Å². The van der Waals surface area contributed by atoms with Crippen molar-refractivity contribution in [2.24, 2.45) is 0 Å². The van der Waals surface area contributed by atoms with Crippen LogP contribution in [0, 0.1) is 30.9 Å². The zero-order valence-corrected chi connectivity index (χ0v) is 18.4. The molecule has 0 N–H and O–H groups in total. The van der Waals surface area contributed by atoms with Gasteiger partial charge in [-0.05, 0) is 67.8 Å². The molecule has 4 rings (SSSR count). The van der Waals surface area contributed by atoms with Crippen molar-refractivity contribution in [3.05, 3.63) is 80.9 Å². The molecule has 1 amide bonds. The van der Waals surface area contributed by atoms with Gasteiger partial charge in [0, 0.05) is 49.4 Å². The van der Waals surface area contributed by atoms with Crippen molar-refractivity contribution in [1.82, 2.24) is 15.1 Å². The Labute approximate surface area is 186 Å². The molecule has 0 radical (unpaired) electrons. The molecule has 1 aliphatic heterocycles. The van der Waals surface area contributed by atoms with E-state index in [0.717, 1.165) is 17.1 Å². The number of aryl methyl sites for hydroxylation is 3. The molecule has 2 heterocycles. The highest BCUT2D eigenvalue weighted by Gasteiger charge is 2.23. The number of piperazine rings is 1. The Hall–Kier alpha value is -3.81. The Morgan fingerprint density at radius 1 is 0.875 bits per heavy atom. The van der Waals surface area contributed by atoms with E-state index >= 15 is 0 Å². The summed E-state index contributed by atoms with van der Waals surface area (Å²) in [5.74, 6) is 0.670. The van der Waals surface area contributed by atoms with Crippen LogP contribution >= 0.6 is 0 Å². The van der Waals surface area contributed by atoms with Crippen LogP contribution < -0.4 is 4.90 Å². The highest BCUT2D eigenvalue weighted by Crippen LogP contribution is 2.26. The molecule has 0 atom stereocenters. The number of nitro groups is 1. The van der Waals surface area contributed by atoms with Crippen LogP contribution in [0.15, 0.2) is 48.5 Å². The van der Waals surface area contributed by atoms with Gasteiger partial charge in [0.1, 0.15) is 0 Å². The third-order valence-electron chi connectivity index (χ3n) is 5.98. The van der Waals surface area contributed by atoms with E-state index in [1.54, 1.807) is 4.90 Å². The summed E-state index contributed by atoms with van der Waals surface area (Å²) < 4.78 is 0. The highest BCUT2D eigenvalue weighted by molar-refractivity contribution is 5.94. The zero-order valence-electron chi connectivity index (χ0n) is 18.4. The number of hydrogen-bond donors (Lipinski definition) is 0. The predicted octanol–water partition coefficient (Wildman–Crippen LogP) is 3.94. The Balaban J connectivity index is 1.40. The number of carbonyl (C=O) groups is 1. The maximum absolute atomic E-state index is 12.7. The van der Waals surface area contributed by atoms with Crippen LogP contribution in [-0.4, -0.2) is 52.1 Å². The maximum atomic E-state index is 12.7. The summed E-state index contributed by atoms with van der Waals surface area (Å²) in [6.45, 7) is 8.68. The van der Waals surface area contributed by atoms with E-state index < -0.39 is 4.92 Å². The number of non-ortho nitro benzene ring substituents is 1. The SMILES string of the molecule is Cc1cc(C)c(-c2ccc(N3CCN(C(=O)c4ccc([N+](=O)[O-])cc4)CC3)nn2)cc1C. The lowest BCUT2D eigenvalue weighted by molar-refractivity contribution is -0.384. The van der Waals surface area contributed by atoms with Crippen LogP contribution in [0.2, 0.25) is 0 Å². The summed E-state index contributed by atoms with van der Waals surface area (Å²) in [4.78, 5) is 26.9. The normalized spacial score (nSPS) is 13.8. The highest BCUT2D eigenvalue weighted by atomic mass is 16.6. The van der Waals surface area contributed by atoms with Gasteiger partial charge in [-0.25, -0.2) is 0 Å². The minimum atomic E-state index is -0.472. The van der Waals surface area contributed by atoms with E-state index in [0.29, 0.717) is 31.7 Å². The van der Waals surface area contributed by atoms with Crippen LogP contribution in [0.4, 0.5) is 11.5 Å². The summed E-state index contributed by atoms with van der Waals surface area (Å²) in [6, 6.07) is 14.0. The molecule has 1 aliphatic rings. The lowest BCUT2D eigenvalue weighted by Gasteiger charge is -2.35. The van der Waals surface area contributed by atoms with Crippen molar-refractivity contribution >= 4 is 17.4 Å². The van der Waals surface area contributed by atoms with Gasteiger partial charge in [0.2, 0.25) is 0 Å². The third kappa shape index (κ3) is 4.30. The molecule has 0 spiro atoms. The first-order valence-electron chi connectivity index (χ1n) is 10.5. The van der Waals surface area contributed by atoms with Crippen LogP contribution in [-0.2, 0) is 0 Å². The number of anilines is 1. The van der Waals surface area contributed by atoms with Gasteiger partial charge in [-0.2, -0.15) is 0 Å². The summed E-state index contributed by atoms with van der Waals surface area (Å²) >= 11 is 0. The number of benzene rings is 2. The maximum Gasteiger partial charge on any atom is 0.269 e. The van der Waals surface area contributed by atoms with E-state index in [9.17, 15) is 14.9 Å². The number of amides is 1. The molecule has 164 valence electrons. The number of nitro benzene ring substituents is 1. The van der Waals surface area contributed by atoms with E-state index in [-0.39, 0.29) is 11.6 Å². The predicted molar refractivity (Wildman–Crippen MR) is 123 cm³/mol. The summed E-state index contributed by atoms with van der Waals surface area (Å²) in [7, 11) is 0. The van der Waals surface area contributed by atoms with Crippen molar-refractivity contribution < 1.29 is 9.72 Å². The molecular formula is C24H25N5O3. The standard InChI is InChI=1S/C24H25N5O3/c1-16-14-18(3)21(15-17(16)2)22-8-9-23(26-25-22)27-10-12-28(13-11-27)24(30)19-4-6-20(7-5-19)29(31)32/h4-9,14-15H,10-13H2,1-3H3. The molecular weight excluding hydrogens is 406 g/mol. The number of carbonyl (C=O) groups excluding carboxylic acids is 1. The van der Waals surface area contributed by atoms with Gasteiger partial charge in [-0.1, -0.05) is 6.07 Å². The van der Waals surface area contributed by atoms with Gasteiger partial charge in [-0.3, -0.25) is 14.9 Å². The summed E-state index contributed by atoms with van der Waals surface area (Å²) in [5, 5.41) is 19.7. The Bertz CT molecular complexity index is 1150. The van der Waals surface area contributed by atoms with Crippen molar-refractivity contribution in [3.63, 3.8) is 0 Å². The number of nitrogens with zero attached hydrogens (tertiary/aromatic N) is 5. The van der Waals surface area contributed by atoms with Gasteiger partial charge in [0.15, 0.2) is 5.82 Å². The first-order chi connectivity index (χ1) is 15.3. The fraction of sp³-hybridized carbons (Fsp3) is 0.292. The van der Waals surface area contributed by atoms with Gasteiger partial charge >= 0.3 is 0 Å². The van der Waals surface area contributed by atoms with Gasteiger partial charge in [0.05, 0.1) is 10.6 Å². The smallest absolute Gasteiger partial charge is 0.269 e. The van der Waals surface area contributed by atoms with Crippen molar-refractivity contribution in [1.29, 1.82) is 0 Å². The second-order valence-electron chi connectivity index (χ2n) is 8.11. The third-order valence-corrected chi connectivity index (χ3v) is 5.98. The molecule has 3 aromatic rings. The molecule has 8 heteroatoms. The average Bonchev–Trinajstić information content (AvgIpc) is 2.81. The molecule has 0 bridgehead atoms. The molecule has 8 nitrogen and oxygen atoms in total. The van der Waals surface area contributed by atoms with Crippen LogP contribution in [0.1, 0.15) is 27.0 Å². The second-order valence-corrected chi connectivity index (χ2v) is 8.11. The Morgan fingerprint density at radius 2 is 1.53 bits per heavy atom. The number of rotatable bonds is 4. The fourth-order valence-electron chi connectivity index (χ4n) is 3.92. The summed E-state index contributed by atoms with van der Waals surface area (Å²) in [6.07, 6.45) is 0. The number of aromatic nitrogens is 2. The zero-order chi connectivity index (χ0) is 22.8. The molecule has 2 aromatic carbocycles. The minimum Gasteiger partial charge on any atom is -0.352 e. The lowest BCUT2D eigenvalue weighted by atomic mass is 9.99. The minimum absolute atomic E-state index is 0.0237. The van der Waals surface area contributed by atoms with E-state index in [2.05, 4.69) is 48.0 Å². The fourth-order valence-corrected chi connectivity index (χ4v) is 3.92. The van der Waals surface area contributed by atoms with Crippen molar-refractivity contribution in [2.75, 3.05) is 31.1 Å².